The summed E-state index contributed by atoms with van der Waals surface area (Å²) < 4.78 is 15.1. The van der Waals surface area contributed by atoms with Gasteiger partial charge in [0, 0.05) is 50.4 Å². The van der Waals surface area contributed by atoms with Crippen molar-refractivity contribution in [3.8, 4) is 0 Å². The summed E-state index contributed by atoms with van der Waals surface area (Å²) >= 11 is 0. The highest BCUT2D eigenvalue weighted by atomic mass is 19.1. The summed E-state index contributed by atoms with van der Waals surface area (Å²) in [6, 6.07) is 8.95. The van der Waals surface area contributed by atoms with E-state index in [0.29, 0.717) is 11.8 Å². The molecule has 1 aromatic heterocycles. The Kier molecular flexibility index (Phi) is 4.61. The quantitative estimate of drug-likeness (QED) is 0.876. The van der Waals surface area contributed by atoms with Gasteiger partial charge in [-0.25, -0.2) is 9.07 Å². The zero-order chi connectivity index (χ0) is 17.2. The Balaban J connectivity index is 1.21. The Morgan fingerprint density at radius 2 is 2.00 bits per heavy atom. The summed E-state index contributed by atoms with van der Waals surface area (Å²) in [4.78, 5) is 2.35. The number of nitrogens with zero attached hydrogens (tertiary/aromatic N) is 3. The minimum Gasteiger partial charge on any atom is -0.371 e. The van der Waals surface area contributed by atoms with Crippen LogP contribution < -0.4 is 15.5 Å². The molecule has 6 heteroatoms. The van der Waals surface area contributed by atoms with Gasteiger partial charge in [-0.05, 0) is 50.1 Å². The number of rotatable bonds is 5. The average Bonchev–Trinajstić information content (AvgIpc) is 3.21. The van der Waals surface area contributed by atoms with Gasteiger partial charge in [-0.15, -0.1) is 0 Å². The minimum absolute atomic E-state index is 0.169. The van der Waals surface area contributed by atoms with Crippen molar-refractivity contribution in [2.45, 2.75) is 19.9 Å². The fourth-order valence-electron chi connectivity index (χ4n) is 3.90. The number of benzene rings is 1. The molecule has 0 saturated carbocycles. The van der Waals surface area contributed by atoms with Crippen molar-refractivity contribution in [1.82, 2.24) is 15.1 Å². The SMILES string of the molecule is Cc1cc2n(n1)C[C@@H](CNC[C@@H]1CCN(c3ccc(F)cc3)C1)CN2. The molecular weight excluding hydrogens is 317 g/mol. The second kappa shape index (κ2) is 7.04. The van der Waals surface area contributed by atoms with Crippen LogP contribution in [0.15, 0.2) is 30.3 Å². The van der Waals surface area contributed by atoms with Gasteiger partial charge in [-0.2, -0.15) is 5.10 Å². The molecule has 2 aromatic rings. The van der Waals surface area contributed by atoms with E-state index < -0.39 is 0 Å². The van der Waals surface area contributed by atoms with Gasteiger partial charge in [0.15, 0.2) is 0 Å². The second-order valence-corrected chi connectivity index (χ2v) is 7.34. The van der Waals surface area contributed by atoms with E-state index in [2.05, 4.69) is 31.4 Å². The second-order valence-electron chi connectivity index (χ2n) is 7.34. The summed E-state index contributed by atoms with van der Waals surface area (Å²) in [7, 11) is 0. The molecule has 4 rings (SSSR count). The molecule has 5 nitrogen and oxygen atoms in total. The molecule has 2 N–H and O–H groups in total. The standard InChI is InChI=1S/C19H26FN5/c1-14-8-19-22-11-16(13-25(19)23-14)10-21-9-15-6-7-24(12-15)18-4-2-17(20)3-5-18/h2-5,8,15-16,21-22H,6-7,9-13H2,1H3/t15-,16-/m0/s1. The van der Waals surface area contributed by atoms with Crippen molar-refractivity contribution in [2.24, 2.45) is 11.8 Å². The van der Waals surface area contributed by atoms with E-state index in [1.807, 2.05) is 19.1 Å². The van der Waals surface area contributed by atoms with E-state index in [1.54, 1.807) is 12.1 Å². The summed E-state index contributed by atoms with van der Waals surface area (Å²) in [6.45, 7) is 8.17. The number of aryl methyl sites for hydroxylation is 1. The topological polar surface area (TPSA) is 45.1 Å². The lowest BCUT2D eigenvalue weighted by Crippen LogP contribution is -2.37. The largest absolute Gasteiger partial charge is 0.371 e. The lowest BCUT2D eigenvalue weighted by molar-refractivity contribution is 0.378. The molecular formula is C19H26FN5. The molecule has 0 radical (unpaired) electrons. The van der Waals surface area contributed by atoms with E-state index in [-0.39, 0.29) is 5.82 Å². The van der Waals surface area contributed by atoms with E-state index in [1.165, 1.54) is 6.42 Å². The van der Waals surface area contributed by atoms with Gasteiger partial charge in [0.1, 0.15) is 11.6 Å². The molecule has 3 heterocycles. The third-order valence-corrected chi connectivity index (χ3v) is 5.25. The molecule has 1 saturated heterocycles. The average molecular weight is 343 g/mol. The molecule has 0 aliphatic carbocycles. The number of hydrogen-bond donors (Lipinski definition) is 2. The molecule has 0 bridgehead atoms. The number of halogens is 1. The van der Waals surface area contributed by atoms with Crippen LogP contribution in [-0.4, -0.2) is 42.5 Å². The minimum atomic E-state index is -0.169. The molecule has 0 unspecified atom stereocenters. The Bertz CT molecular complexity index is 711. The van der Waals surface area contributed by atoms with Crippen LogP contribution in [0.2, 0.25) is 0 Å². The predicted molar refractivity (Wildman–Crippen MR) is 98.5 cm³/mol. The van der Waals surface area contributed by atoms with Crippen LogP contribution >= 0.6 is 0 Å². The Hall–Kier alpha value is -2.08. The number of nitrogens with one attached hydrogen (secondary N) is 2. The molecule has 0 spiro atoms. The predicted octanol–water partition coefficient (Wildman–Crippen LogP) is 2.49. The molecule has 134 valence electrons. The van der Waals surface area contributed by atoms with Crippen LogP contribution in [0.4, 0.5) is 15.9 Å². The first-order chi connectivity index (χ1) is 12.2. The lowest BCUT2D eigenvalue weighted by atomic mass is 10.1. The van der Waals surface area contributed by atoms with Crippen molar-refractivity contribution >= 4 is 11.5 Å². The van der Waals surface area contributed by atoms with Crippen LogP contribution in [0.3, 0.4) is 0 Å². The normalized spacial score (nSPS) is 22.7. The van der Waals surface area contributed by atoms with Crippen LogP contribution in [-0.2, 0) is 6.54 Å². The monoisotopic (exact) mass is 343 g/mol. The van der Waals surface area contributed by atoms with Gasteiger partial charge in [0.05, 0.1) is 5.69 Å². The highest BCUT2D eigenvalue weighted by Gasteiger charge is 2.23. The molecule has 2 aliphatic rings. The fraction of sp³-hybridized carbons (Fsp3) is 0.526. The van der Waals surface area contributed by atoms with Gasteiger partial charge in [-0.3, -0.25) is 0 Å². The maximum atomic E-state index is 13.0. The molecule has 2 aliphatic heterocycles. The van der Waals surface area contributed by atoms with Crippen LogP contribution in [0.1, 0.15) is 12.1 Å². The third kappa shape index (κ3) is 3.79. The summed E-state index contributed by atoms with van der Waals surface area (Å²) in [5.74, 6) is 2.20. The van der Waals surface area contributed by atoms with Gasteiger partial charge >= 0.3 is 0 Å². The summed E-state index contributed by atoms with van der Waals surface area (Å²) in [6.07, 6.45) is 1.19. The molecule has 1 aromatic carbocycles. The maximum Gasteiger partial charge on any atom is 0.124 e. The van der Waals surface area contributed by atoms with Crippen molar-refractivity contribution in [2.75, 3.05) is 42.9 Å². The first kappa shape index (κ1) is 16.4. The Morgan fingerprint density at radius 3 is 2.84 bits per heavy atom. The highest BCUT2D eigenvalue weighted by Crippen LogP contribution is 2.24. The highest BCUT2D eigenvalue weighted by molar-refractivity contribution is 5.47. The van der Waals surface area contributed by atoms with Crippen molar-refractivity contribution in [3.63, 3.8) is 0 Å². The zero-order valence-electron chi connectivity index (χ0n) is 14.7. The van der Waals surface area contributed by atoms with E-state index >= 15 is 0 Å². The lowest BCUT2D eigenvalue weighted by Gasteiger charge is -2.25. The Morgan fingerprint density at radius 1 is 1.20 bits per heavy atom. The summed E-state index contributed by atoms with van der Waals surface area (Å²) in [5.41, 5.74) is 2.20. The third-order valence-electron chi connectivity index (χ3n) is 5.25. The number of anilines is 2. The van der Waals surface area contributed by atoms with Crippen molar-refractivity contribution in [3.05, 3.63) is 41.8 Å². The molecule has 1 fully saturated rings. The summed E-state index contributed by atoms with van der Waals surface area (Å²) in [5, 5.41) is 11.6. The van der Waals surface area contributed by atoms with Gasteiger partial charge < -0.3 is 15.5 Å². The molecule has 25 heavy (non-hydrogen) atoms. The van der Waals surface area contributed by atoms with Crippen LogP contribution in [0.5, 0.6) is 0 Å². The van der Waals surface area contributed by atoms with Crippen LogP contribution in [0, 0.1) is 24.6 Å². The Labute approximate surface area is 148 Å². The van der Waals surface area contributed by atoms with E-state index in [4.69, 9.17) is 0 Å². The van der Waals surface area contributed by atoms with Gasteiger partial charge in [0.25, 0.3) is 0 Å². The van der Waals surface area contributed by atoms with Crippen molar-refractivity contribution in [1.29, 1.82) is 0 Å². The number of fused-ring (bicyclic) bond motifs is 1. The molecule has 2 atom stereocenters. The first-order valence-electron chi connectivity index (χ1n) is 9.17. The smallest absolute Gasteiger partial charge is 0.124 e. The first-order valence-corrected chi connectivity index (χ1v) is 9.17. The van der Waals surface area contributed by atoms with Gasteiger partial charge in [0.2, 0.25) is 0 Å². The maximum absolute atomic E-state index is 13.0. The fourth-order valence-corrected chi connectivity index (χ4v) is 3.90. The number of aromatic nitrogens is 2. The van der Waals surface area contributed by atoms with Gasteiger partial charge in [-0.1, -0.05) is 0 Å². The van der Waals surface area contributed by atoms with E-state index in [9.17, 15) is 4.39 Å². The zero-order valence-corrected chi connectivity index (χ0v) is 14.7. The van der Waals surface area contributed by atoms with E-state index in [0.717, 1.165) is 56.5 Å². The van der Waals surface area contributed by atoms with Crippen LogP contribution in [0.25, 0.3) is 0 Å². The van der Waals surface area contributed by atoms with Crippen molar-refractivity contribution < 1.29 is 4.39 Å². The number of hydrogen-bond acceptors (Lipinski definition) is 4. The molecule has 0 amide bonds.